The molecular formula is C20H21FN2O2S. The highest BCUT2D eigenvalue weighted by Gasteiger charge is 2.21. The Hall–Kier alpha value is -2.34. The van der Waals surface area contributed by atoms with E-state index in [-0.39, 0.29) is 17.5 Å². The summed E-state index contributed by atoms with van der Waals surface area (Å²) in [5.41, 5.74) is 1.51. The van der Waals surface area contributed by atoms with Gasteiger partial charge in [-0.3, -0.25) is 9.59 Å². The first-order valence-electron chi connectivity index (χ1n) is 8.60. The molecule has 2 aromatic carbocycles. The van der Waals surface area contributed by atoms with Crippen LogP contribution in [0.5, 0.6) is 0 Å². The average molecular weight is 372 g/mol. The molecule has 2 amide bonds. The molecule has 4 nitrogen and oxygen atoms in total. The first-order chi connectivity index (χ1) is 12.6. The minimum atomic E-state index is -0.594. The molecule has 2 aromatic rings. The predicted molar refractivity (Wildman–Crippen MR) is 103 cm³/mol. The summed E-state index contributed by atoms with van der Waals surface area (Å²) in [6, 6.07) is 11.2. The van der Waals surface area contributed by atoms with E-state index in [0.717, 1.165) is 29.9 Å². The summed E-state index contributed by atoms with van der Waals surface area (Å²) in [6.07, 6.45) is 2.04. The number of thioether (sulfide) groups is 1. The number of hydrogen-bond donors (Lipinski definition) is 2. The average Bonchev–Trinajstić information content (AvgIpc) is 2.64. The molecule has 0 unspecified atom stereocenters. The fraction of sp³-hybridized carbons (Fsp3) is 0.300. The lowest BCUT2D eigenvalue weighted by atomic mass is 10.1. The summed E-state index contributed by atoms with van der Waals surface area (Å²) in [4.78, 5) is 25.2. The molecule has 136 valence electrons. The third-order valence-corrected chi connectivity index (χ3v) is 5.59. The molecule has 0 bridgehead atoms. The van der Waals surface area contributed by atoms with Crippen LogP contribution in [-0.2, 0) is 0 Å². The zero-order valence-electron chi connectivity index (χ0n) is 14.5. The van der Waals surface area contributed by atoms with Gasteiger partial charge in [-0.25, -0.2) is 4.39 Å². The number of anilines is 1. The molecule has 1 heterocycles. The molecule has 3 rings (SSSR count). The molecule has 0 saturated carbocycles. The third kappa shape index (κ3) is 4.25. The summed E-state index contributed by atoms with van der Waals surface area (Å²) in [7, 11) is 0. The SMILES string of the molecule is Cc1cccc(C(=O)N[C@H]2CCCSC2)c1NC(=O)c1ccccc1F. The zero-order chi connectivity index (χ0) is 18.5. The molecular weight excluding hydrogens is 351 g/mol. The van der Waals surface area contributed by atoms with E-state index in [4.69, 9.17) is 0 Å². The smallest absolute Gasteiger partial charge is 0.258 e. The van der Waals surface area contributed by atoms with E-state index in [2.05, 4.69) is 10.6 Å². The molecule has 1 saturated heterocycles. The maximum absolute atomic E-state index is 13.9. The van der Waals surface area contributed by atoms with E-state index in [1.165, 1.54) is 18.2 Å². The minimum Gasteiger partial charge on any atom is -0.348 e. The third-order valence-electron chi connectivity index (χ3n) is 4.37. The van der Waals surface area contributed by atoms with Crippen molar-refractivity contribution in [1.82, 2.24) is 5.32 Å². The van der Waals surface area contributed by atoms with Crippen LogP contribution in [0.4, 0.5) is 10.1 Å². The number of amides is 2. The number of aryl methyl sites for hydroxylation is 1. The summed E-state index contributed by atoms with van der Waals surface area (Å²) < 4.78 is 13.9. The Morgan fingerprint density at radius 2 is 1.85 bits per heavy atom. The molecule has 1 aliphatic heterocycles. The first-order valence-corrected chi connectivity index (χ1v) is 9.76. The molecule has 2 N–H and O–H groups in total. The van der Waals surface area contributed by atoms with Gasteiger partial charge in [0.2, 0.25) is 0 Å². The van der Waals surface area contributed by atoms with Crippen LogP contribution in [0.15, 0.2) is 42.5 Å². The fourth-order valence-electron chi connectivity index (χ4n) is 2.97. The standard InChI is InChI=1S/C20H21FN2O2S/c1-13-6-4-9-16(20(25)22-14-7-5-11-26-12-14)18(13)23-19(24)15-8-2-3-10-17(15)21/h2-4,6,8-10,14H,5,7,11-12H2,1H3,(H,22,25)(H,23,24)/t14-/m0/s1. The summed E-state index contributed by atoms with van der Waals surface area (Å²) in [6.45, 7) is 1.81. The highest BCUT2D eigenvalue weighted by Crippen LogP contribution is 2.23. The molecule has 0 aromatic heterocycles. The van der Waals surface area contributed by atoms with Crippen molar-refractivity contribution in [1.29, 1.82) is 0 Å². The largest absolute Gasteiger partial charge is 0.348 e. The summed E-state index contributed by atoms with van der Waals surface area (Å²) in [5, 5.41) is 5.75. The van der Waals surface area contributed by atoms with Gasteiger partial charge in [0.1, 0.15) is 5.82 Å². The van der Waals surface area contributed by atoms with Crippen molar-refractivity contribution in [3.05, 3.63) is 65.0 Å². The Morgan fingerprint density at radius 1 is 1.08 bits per heavy atom. The summed E-state index contributed by atoms with van der Waals surface area (Å²) >= 11 is 1.83. The van der Waals surface area contributed by atoms with Crippen molar-refractivity contribution in [3.63, 3.8) is 0 Å². The van der Waals surface area contributed by atoms with Crippen LogP contribution in [0.3, 0.4) is 0 Å². The number of rotatable bonds is 4. The Bertz CT molecular complexity index is 819. The second-order valence-electron chi connectivity index (χ2n) is 6.32. The van der Waals surface area contributed by atoms with Crippen LogP contribution in [0.2, 0.25) is 0 Å². The number of para-hydroxylation sites is 1. The van der Waals surface area contributed by atoms with Crippen molar-refractivity contribution in [2.45, 2.75) is 25.8 Å². The molecule has 0 aliphatic carbocycles. The van der Waals surface area contributed by atoms with Gasteiger partial charge in [-0.1, -0.05) is 24.3 Å². The zero-order valence-corrected chi connectivity index (χ0v) is 15.4. The van der Waals surface area contributed by atoms with E-state index in [9.17, 15) is 14.0 Å². The number of benzene rings is 2. The predicted octanol–water partition coefficient (Wildman–Crippen LogP) is 4.01. The van der Waals surface area contributed by atoms with Crippen molar-refractivity contribution >= 4 is 29.3 Å². The van der Waals surface area contributed by atoms with Gasteiger partial charge in [0.05, 0.1) is 16.8 Å². The number of halogens is 1. The van der Waals surface area contributed by atoms with Gasteiger partial charge in [-0.2, -0.15) is 11.8 Å². The van der Waals surface area contributed by atoms with Crippen molar-refractivity contribution in [3.8, 4) is 0 Å². The Labute approximate surface area is 156 Å². The second kappa shape index (κ2) is 8.36. The number of carbonyl (C=O) groups excluding carboxylic acids is 2. The van der Waals surface area contributed by atoms with E-state index in [0.29, 0.717) is 11.3 Å². The maximum Gasteiger partial charge on any atom is 0.258 e. The van der Waals surface area contributed by atoms with E-state index < -0.39 is 11.7 Å². The van der Waals surface area contributed by atoms with Gasteiger partial charge in [-0.05, 0) is 49.3 Å². The quantitative estimate of drug-likeness (QED) is 0.852. The van der Waals surface area contributed by atoms with Gasteiger partial charge in [0.25, 0.3) is 11.8 Å². The van der Waals surface area contributed by atoms with E-state index >= 15 is 0 Å². The van der Waals surface area contributed by atoms with Gasteiger partial charge in [0, 0.05) is 11.8 Å². The second-order valence-corrected chi connectivity index (χ2v) is 7.47. The van der Waals surface area contributed by atoms with Gasteiger partial charge >= 0.3 is 0 Å². The lowest BCUT2D eigenvalue weighted by Crippen LogP contribution is -2.38. The maximum atomic E-state index is 13.9. The van der Waals surface area contributed by atoms with Crippen molar-refractivity contribution in [2.75, 3.05) is 16.8 Å². The van der Waals surface area contributed by atoms with Crippen LogP contribution in [0.25, 0.3) is 0 Å². The van der Waals surface area contributed by atoms with Crippen LogP contribution in [0, 0.1) is 12.7 Å². The fourth-order valence-corrected chi connectivity index (χ4v) is 4.04. The van der Waals surface area contributed by atoms with E-state index in [1.54, 1.807) is 18.2 Å². The molecule has 6 heteroatoms. The molecule has 0 radical (unpaired) electrons. The Balaban J connectivity index is 1.82. The van der Waals surface area contributed by atoms with E-state index in [1.807, 2.05) is 24.8 Å². The molecule has 26 heavy (non-hydrogen) atoms. The highest BCUT2D eigenvalue weighted by molar-refractivity contribution is 7.99. The van der Waals surface area contributed by atoms with Crippen molar-refractivity contribution in [2.24, 2.45) is 0 Å². The number of carbonyl (C=O) groups is 2. The van der Waals surface area contributed by atoms with Crippen molar-refractivity contribution < 1.29 is 14.0 Å². The monoisotopic (exact) mass is 372 g/mol. The van der Waals surface area contributed by atoms with Crippen LogP contribution in [0.1, 0.15) is 39.1 Å². The molecule has 1 aliphatic rings. The Kier molecular flexibility index (Phi) is 5.93. The van der Waals surface area contributed by atoms with Gasteiger partial charge < -0.3 is 10.6 Å². The van der Waals surface area contributed by atoms with Crippen LogP contribution in [-0.4, -0.2) is 29.4 Å². The topological polar surface area (TPSA) is 58.2 Å². The molecule has 1 atom stereocenters. The van der Waals surface area contributed by atoms with Crippen LogP contribution < -0.4 is 10.6 Å². The summed E-state index contributed by atoms with van der Waals surface area (Å²) in [5.74, 6) is 0.642. The normalized spacial score (nSPS) is 16.8. The minimum absolute atomic E-state index is 0.0502. The molecule has 0 spiro atoms. The Morgan fingerprint density at radius 3 is 2.58 bits per heavy atom. The van der Waals surface area contributed by atoms with Crippen LogP contribution >= 0.6 is 11.8 Å². The number of hydrogen-bond acceptors (Lipinski definition) is 3. The van der Waals surface area contributed by atoms with Gasteiger partial charge in [0.15, 0.2) is 0 Å². The first kappa shape index (κ1) is 18.5. The highest BCUT2D eigenvalue weighted by atomic mass is 32.2. The number of nitrogens with one attached hydrogen (secondary N) is 2. The lowest BCUT2D eigenvalue weighted by Gasteiger charge is -2.23. The van der Waals surface area contributed by atoms with Gasteiger partial charge in [-0.15, -0.1) is 0 Å². The molecule has 1 fully saturated rings. The lowest BCUT2D eigenvalue weighted by molar-refractivity contribution is 0.0939.